The summed E-state index contributed by atoms with van der Waals surface area (Å²) in [5.41, 5.74) is 5.56. The van der Waals surface area contributed by atoms with Crippen molar-refractivity contribution in [2.75, 3.05) is 0 Å². The van der Waals surface area contributed by atoms with Crippen LogP contribution >= 0.6 is 0 Å². The van der Waals surface area contributed by atoms with E-state index in [4.69, 9.17) is 0 Å². The summed E-state index contributed by atoms with van der Waals surface area (Å²) >= 11 is 0. The normalized spacial score (nSPS) is 7.91. The first-order valence-corrected chi connectivity index (χ1v) is 8.85. The van der Waals surface area contributed by atoms with E-state index in [9.17, 15) is 0 Å². The summed E-state index contributed by atoms with van der Waals surface area (Å²) in [5.74, 6) is 0. The zero-order chi connectivity index (χ0) is 14.7. The summed E-state index contributed by atoms with van der Waals surface area (Å²) in [5, 5.41) is 0. The van der Waals surface area contributed by atoms with Crippen molar-refractivity contribution in [3.05, 3.63) is 58.7 Å². The molecule has 0 saturated heterocycles. The molecule has 0 atom stereocenters. The topological polar surface area (TPSA) is 0 Å². The van der Waals surface area contributed by atoms with Gasteiger partial charge in [-0.25, -0.2) is 24.3 Å². The third-order valence-corrected chi connectivity index (χ3v) is 4.36. The Morgan fingerprint density at radius 2 is 1.14 bits per heavy atom. The van der Waals surface area contributed by atoms with Gasteiger partial charge >= 0.3 is 26.2 Å². The van der Waals surface area contributed by atoms with Crippen LogP contribution in [-0.4, -0.2) is 9.52 Å². The van der Waals surface area contributed by atoms with Crippen LogP contribution in [0, 0.1) is 27.7 Å². The number of halogens is 2. The Kier molecular flexibility index (Phi) is 27.6. The van der Waals surface area contributed by atoms with Gasteiger partial charge in [0, 0.05) is 9.52 Å². The van der Waals surface area contributed by atoms with Crippen LogP contribution in [0.25, 0.3) is 0 Å². The Bertz CT molecular complexity index is 362. The van der Waals surface area contributed by atoms with E-state index in [1.165, 1.54) is 34.3 Å². The van der Waals surface area contributed by atoms with E-state index in [2.05, 4.69) is 77.9 Å². The molecule has 0 fully saturated rings. The van der Waals surface area contributed by atoms with Gasteiger partial charge in [-0.15, -0.1) is 0 Å². The summed E-state index contributed by atoms with van der Waals surface area (Å²) in [6.45, 7) is 13.0. The van der Waals surface area contributed by atoms with Gasteiger partial charge in [0.05, 0.1) is 0 Å². The smallest absolute Gasteiger partial charge is 1.00 e. The molecule has 0 aliphatic rings. The molecule has 123 valence electrons. The van der Waals surface area contributed by atoms with E-state index in [-0.39, 0.29) is 60.2 Å². The minimum absolute atomic E-state index is 0. The molecule has 0 aliphatic heterocycles. The van der Waals surface area contributed by atoms with E-state index in [1.54, 1.807) is 0 Å². The monoisotopic (exact) mass is 521 g/mol. The average molecular weight is 525 g/mol. The third-order valence-electron chi connectivity index (χ3n) is 3.21. The molecule has 2 aromatic rings. The first-order valence-electron chi connectivity index (χ1n) is 7.22. The molecule has 0 bridgehead atoms. The van der Waals surface area contributed by atoms with Crippen molar-refractivity contribution in [2.24, 2.45) is 0 Å². The van der Waals surface area contributed by atoms with Gasteiger partial charge in [-0.05, 0) is 0 Å². The maximum Gasteiger partial charge on any atom is 4.00 e. The summed E-state index contributed by atoms with van der Waals surface area (Å²) in [7, 11) is 0.815. The van der Waals surface area contributed by atoms with Gasteiger partial charge in [-0.2, -0.15) is 34.4 Å². The Labute approximate surface area is 180 Å². The van der Waals surface area contributed by atoms with E-state index in [0.29, 0.717) is 0 Å². The second kappa shape index (κ2) is 19.8. The van der Waals surface area contributed by atoms with Crippen LogP contribution in [0.4, 0.5) is 0 Å². The molecule has 0 spiro atoms. The van der Waals surface area contributed by atoms with Crippen LogP contribution < -0.4 is 34.0 Å². The number of hydrogen-bond donors (Lipinski definition) is 0. The van der Waals surface area contributed by atoms with Crippen molar-refractivity contribution in [1.82, 2.24) is 0 Å². The van der Waals surface area contributed by atoms with Gasteiger partial charge in [0.1, 0.15) is 0 Å². The number of rotatable bonds is 2. The van der Waals surface area contributed by atoms with E-state index in [0.717, 1.165) is 9.52 Å². The minimum Gasteiger partial charge on any atom is -1.00 e. The van der Waals surface area contributed by atoms with Crippen LogP contribution in [-0.2, 0) is 26.2 Å². The van der Waals surface area contributed by atoms with E-state index >= 15 is 0 Å². The fourth-order valence-corrected chi connectivity index (χ4v) is 2.07. The molecular formula is C18H29Br2SiZr. The van der Waals surface area contributed by atoms with Crippen LogP contribution in [0.5, 0.6) is 0 Å². The minimum atomic E-state index is 0. The molecule has 0 saturated carbocycles. The molecule has 2 rings (SSSR count). The van der Waals surface area contributed by atoms with Gasteiger partial charge in [0.2, 0.25) is 0 Å². The Morgan fingerprint density at radius 3 is 1.18 bits per heavy atom. The van der Waals surface area contributed by atoms with Crippen LogP contribution in [0.15, 0.2) is 36.4 Å². The number of hydrogen-bond acceptors (Lipinski definition) is 0. The van der Waals surface area contributed by atoms with E-state index in [1.807, 2.05) is 0 Å². The van der Waals surface area contributed by atoms with Gasteiger partial charge in [-0.3, -0.25) is 0 Å². The van der Waals surface area contributed by atoms with Crippen LogP contribution in [0.1, 0.15) is 36.1 Å². The summed E-state index contributed by atoms with van der Waals surface area (Å²) in [4.78, 5) is 0. The van der Waals surface area contributed by atoms with Crippen molar-refractivity contribution in [3.63, 3.8) is 0 Å². The zero-order valence-electron chi connectivity index (χ0n) is 14.7. The molecule has 0 nitrogen and oxygen atoms in total. The van der Waals surface area contributed by atoms with Crippen molar-refractivity contribution in [1.29, 1.82) is 0 Å². The van der Waals surface area contributed by atoms with Crippen molar-refractivity contribution in [2.45, 2.75) is 53.6 Å². The standard InChI is InChI=1S/2C7H9.C4H11Si.2BrH.Zr/c2*1-6-4-3-5-7(6)2;1-3-5-4-2;;;/h2*3-5H,1-2H3;5H,3-4H2,1-2H3;2*1H;/q2*-1;;;;+4/p-2. The van der Waals surface area contributed by atoms with Crippen LogP contribution in [0.3, 0.4) is 0 Å². The van der Waals surface area contributed by atoms with Crippen LogP contribution in [0.2, 0.25) is 12.1 Å². The maximum atomic E-state index is 2.25. The van der Waals surface area contributed by atoms with Gasteiger partial charge in [0.15, 0.2) is 0 Å². The van der Waals surface area contributed by atoms with Gasteiger partial charge < -0.3 is 34.0 Å². The molecular weight excluding hydrogens is 495 g/mol. The third kappa shape index (κ3) is 15.6. The van der Waals surface area contributed by atoms with Gasteiger partial charge in [-0.1, -0.05) is 53.6 Å². The maximum absolute atomic E-state index is 2.25. The Morgan fingerprint density at radius 1 is 0.818 bits per heavy atom. The molecule has 0 aliphatic carbocycles. The summed E-state index contributed by atoms with van der Waals surface area (Å²) < 4.78 is 0. The SMILES string of the molecule is CC[SiH]CC.Cc1ccc[c-]1C.Cc1ccc[c-]1C.[Br-].[Br-].[Zr+4]. The predicted molar refractivity (Wildman–Crippen MR) is 91.1 cm³/mol. The van der Waals surface area contributed by atoms with Crippen molar-refractivity contribution in [3.8, 4) is 0 Å². The molecule has 0 N–H and O–H groups in total. The molecule has 2 aromatic carbocycles. The Balaban J connectivity index is -0.000000105. The summed E-state index contributed by atoms with van der Waals surface area (Å²) in [6.07, 6.45) is 0. The van der Waals surface area contributed by atoms with E-state index < -0.39 is 0 Å². The van der Waals surface area contributed by atoms with Crippen molar-refractivity contribution >= 4 is 9.52 Å². The van der Waals surface area contributed by atoms with Crippen molar-refractivity contribution < 1.29 is 60.2 Å². The zero-order valence-corrected chi connectivity index (χ0v) is 21.5. The molecule has 0 heterocycles. The molecule has 0 aromatic heterocycles. The predicted octanol–water partition coefficient (Wildman–Crippen LogP) is -0.651. The molecule has 1 radical (unpaired) electrons. The largest absolute Gasteiger partial charge is 4.00 e. The quantitative estimate of drug-likeness (QED) is 0.362. The Hall–Kier alpha value is 0.760. The molecule has 0 amide bonds. The first kappa shape index (κ1) is 30.6. The fourth-order valence-electron chi connectivity index (χ4n) is 1.49. The second-order valence-corrected chi connectivity index (χ2v) is 7.10. The molecule has 0 unspecified atom stereocenters. The number of aryl methyl sites for hydroxylation is 4. The molecule has 22 heavy (non-hydrogen) atoms. The van der Waals surface area contributed by atoms with Gasteiger partial charge in [0.25, 0.3) is 0 Å². The first-order chi connectivity index (χ1) is 9.02. The summed E-state index contributed by atoms with van der Waals surface area (Å²) in [6, 6.07) is 15.5. The average Bonchev–Trinajstić information content (AvgIpc) is 2.93. The molecule has 4 heteroatoms. The fraction of sp³-hybridized carbons (Fsp3) is 0.444. The second-order valence-electron chi connectivity index (χ2n) is 4.89.